The van der Waals surface area contributed by atoms with Gasteiger partial charge in [-0.1, -0.05) is 11.8 Å². The molecule has 1 rings (SSSR count). The van der Waals surface area contributed by atoms with Crippen LogP contribution in [0.25, 0.3) is 0 Å². The number of carbonyl (C=O) groups excluding carboxylic acids is 1. The van der Waals surface area contributed by atoms with E-state index in [1.165, 1.54) is 24.2 Å². The van der Waals surface area contributed by atoms with E-state index in [4.69, 9.17) is 9.84 Å². The van der Waals surface area contributed by atoms with E-state index in [1.54, 1.807) is 6.92 Å². The number of thioether (sulfide) groups is 1. The second-order valence-electron chi connectivity index (χ2n) is 3.41. The van der Waals surface area contributed by atoms with Crippen LogP contribution in [0.15, 0.2) is 17.4 Å². The minimum absolute atomic E-state index is 0.00186. The molecule has 0 fully saturated rings. The molecule has 0 aromatic carbocycles. The fourth-order valence-corrected chi connectivity index (χ4v) is 1.78. The number of nitrogens with zero attached hydrogens (tertiary/aromatic N) is 2. The molecular weight excluding hydrogens is 270 g/mol. The van der Waals surface area contributed by atoms with Crippen LogP contribution in [0.4, 0.5) is 5.82 Å². The lowest BCUT2D eigenvalue weighted by molar-refractivity contribution is -0.140. The van der Waals surface area contributed by atoms with Crippen LogP contribution in [-0.4, -0.2) is 45.9 Å². The van der Waals surface area contributed by atoms with Crippen LogP contribution in [0.5, 0.6) is 0 Å². The molecule has 0 aliphatic carbocycles. The number of carboxylic acids is 1. The van der Waals surface area contributed by atoms with Gasteiger partial charge in [0.25, 0.3) is 0 Å². The lowest BCUT2D eigenvalue weighted by Crippen LogP contribution is -2.09. The number of ether oxygens (including phenoxy) is 1. The Labute approximate surface area is 114 Å². The second-order valence-corrected chi connectivity index (χ2v) is 4.40. The van der Waals surface area contributed by atoms with Crippen molar-refractivity contribution in [1.82, 2.24) is 9.97 Å². The molecule has 0 saturated carbocycles. The fraction of sp³-hybridized carbons (Fsp3) is 0.455. The van der Waals surface area contributed by atoms with Crippen LogP contribution in [0.3, 0.4) is 0 Å². The van der Waals surface area contributed by atoms with Gasteiger partial charge in [0.15, 0.2) is 0 Å². The third-order valence-electron chi connectivity index (χ3n) is 1.90. The Kier molecular flexibility index (Phi) is 6.65. The van der Waals surface area contributed by atoms with Gasteiger partial charge in [-0.05, 0) is 6.92 Å². The zero-order valence-electron chi connectivity index (χ0n) is 10.5. The summed E-state index contributed by atoms with van der Waals surface area (Å²) < 4.78 is 4.80. The van der Waals surface area contributed by atoms with Crippen LogP contribution < -0.4 is 5.32 Å². The van der Waals surface area contributed by atoms with E-state index in [2.05, 4.69) is 15.3 Å². The summed E-state index contributed by atoms with van der Waals surface area (Å²) in [6, 6.07) is 0. The average molecular weight is 285 g/mol. The smallest absolute Gasteiger partial charge is 0.316 e. The van der Waals surface area contributed by atoms with Gasteiger partial charge in [0.1, 0.15) is 10.8 Å². The Morgan fingerprint density at radius 3 is 2.95 bits per heavy atom. The lowest BCUT2D eigenvalue weighted by Gasteiger charge is -2.05. The molecule has 0 amide bonds. The molecule has 19 heavy (non-hydrogen) atoms. The molecule has 2 N–H and O–H groups in total. The maximum Gasteiger partial charge on any atom is 0.316 e. The monoisotopic (exact) mass is 285 g/mol. The molecule has 1 aromatic rings. The molecule has 1 heterocycles. The zero-order chi connectivity index (χ0) is 14.1. The summed E-state index contributed by atoms with van der Waals surface area (Å²) in [5, 5.41) is 11.9. The number of carbonyl (C=O) groups is 2. The zero-order valence-corrected chi connectivity index (χ0v) is 11.3. The number of aromatic nitrogens is 2. The van der Waals surface area contributed by atoms with Crippen LogP contribution in [0.2, 0.25) is 0 Å². The van der Waals surface area contributed by atoms with Gasteiger partial charge >= 0.3 is 11.9 Å². The Morgan fingerprint density at radius 2 is 2.26 bits per heavy atom. The Bertz CT molecular complexity index is 442. The summed E-state index contributed by atoms with van der Waals surface area (Å²) in [6.45, 7) is 2.37. The van der Waals surface area contributed by atoms with Crippen LogP contribution in [0, 0.1) is 0 Å². The molecule has 0 saturated heterocycles. The third kappa shape index (κ3) is 6.61. The minimum atomic E-state index is -0.881. The molecule has 1 aromatic heterocycles. The van der Waals surface area contributed by atoms with Gasteiger partial charge in [-0.3, -0.25) is 14.6 Å². The van der Waals surface area contributed by atoms with E-state index in [-0.39, 0.29) is 24.7 Å². The van der Waals surface area contributed by atoms with E-state index >= 15 is 0 Å². The van der Waals surface area contributed by atoms with E-state index in [1.807, 2.05) is 0 Å². The largest absolute Gasteiger partial charge is 0.481 e. The SMILES string of the molecule is CCOC(=O)CSc1cncc(NCCC(=O)O)n1. The molecule has 104 valence electrons. The molecule has 0 unspecified atom stereocenters. The van der Waals surface area contributed by atoms with Crippen molar-refractivity contribution in [2.24, 2.45) is 0 Å². The summed E-state index contributed by atoms with van der Waals surface area (Å²) in [6.07, 6.45) is 3.03. The quantitative estimate of drug-likeness (QED) is 0.539. The third-order valence-corrected chi connectivity index (χ3v) is 2.77. The molecule has 0 bridgehead atoms. The number of carboxylic acid groups (broad SMARTS) is 1. The number of rotatable bonds is 8. The summed E-state index contributed by atoms with van der Waals surface area (Å²) in [5.41, 5.74) is 0. The summed E-state index contributed by atoms with van der Waals surface area (Å²) in [5.74, 6) is -0.539. The van der Waals surface area contributed by atoms with Crippen molar-refractivity contribution in [2.45, 2.75) is 18.4 Å². The van der Waals surface area contributed by atoms with Crippen molar-refractivity contribution >= 4 is 29.5 Å². The fourth-order valence-electron chi connectivity index (χ4n) is 1.14. The Balaban J connectivity index is 2.43. The average Bonchev–Trinajstić information content (AvgIpc) is 2.37. The highest BCUT2D eigenvalue weighted by atomic mass is 32.2. The van der Waals surface area contributed by atoms with Crippen LogP contribution in [-0.2, 0) is 14.3 Å². The summed E-state index contributed by atoms with van der Waals surface area (Å²) in [7, 11) is 0. The molecule has 0 radical (unpaired) electrons. The van der Waals surface area contributed by atoms with Gasteiger partial charge in [-0.15, -0.1) is 0 Å². The van der Waals surface area contributed by atoms with Crippen LogP contribution in [0.1, 0.15) is 13.3 Å². The van der Waals surface area contributed by atoms with Crippen molar-refractivity contribution in [1.29, 1.82) is 0 Å². The van der Waals surface area contributed by atoms with Gasteiger partial charge in [0.2, 0.25) is 0 Å². The van der Waals surface area contributed by atoms with Crippen molar-refractivity contribution in [3.63, 3.8) is 0 Å². The molecule has 0 spiro atoms. The maximum atomic E-state index is 11.2. The predicted molar refractivity (Wildman–Crippen MR) is 70.1 cm³/mol. The van der Waals surface area contributed by atoms with E-state index in [0.717, 1.165) is 0 Å². The van der Waals surface area contributed by atoms with Crippen molar-refractivity contribution in [2.75, 3.05) is 24.2 Å². The number of aliphatic carboxylic acids is 1. The Hall–Kier alpha value is -1.83. The highest BCUT2D eigenvalue weighted by Crippen LogP contribution is 2.16. The molecule has 0 atom stereocenters. The van der Waals surface area contributed by atoms with E-state index in [9.17, 15) is 9.59 Å². The first kappa shape index (κ1) is 15.2. The van der Waals surface area contributed by atoms with Gasteiger partial charge < -0.3 is 15.2 Å². The minimum Gasteiger partial charge on any atom is -0.481 e. The lowest BCUT2D eigenvalue weighted by atomic mass is 10.4. The summed E-state index contributed by atoms with van der Waals surface area (Å²) >= 11 is 1.22. The number of anilines is 1. The second kappa shape index (κ2) is 8.30. The first-order valence-electron chi connectivity index (χ1n) is 5.68. The number of esters is 1. The number of hydrogen-bond donors (Lipinski definition) is 2. The van der Waals surface area contributed by atoms with Gasteiger partial charge in [0, 0.05) is 6.54 Å². The van der Waals surface area contributed by atoms with Crippen molar-refractivity contribution < 1.29 is 19.4 Å². The maximum absolute atomic E-state index is 11.2. The van der Waals surface area contributed by atoms with Crippen LogP contribution >= 0.6 is 11.8 Å². The van der Waals surface area contributed by atoms with Gasteiger partial charge in [-0.25, -0.2) is 4.98 Å². The first-order chi connectivity index (χ1) is 9.11. The highest BCUT2D eigenvalue weighted by molar-refractivity contribution is 7.99. The van der Waals surface area contributed by atoms with Crippen molar-refractivity contribution in [3.8, 4) is 0 Å². The van der Waals surface area contributed by atoms with E-state index in [0.29, 0.717) is 17.5 Å². The molecule has 8 heteroatoms. The van der Waals surface area contributed by atoms with Gasteiger partial charge in [0.05, 0.1) is 31.2 Å². The Morgan fingerprint density at radius 1 is 1.47 bits per heavy atom. The number of nitrogens with one attached hydrogen (secondary N) is 1. The first-order valence-corrected chi connectivity index (χ1v) is 6.66. The molecule has 0 aliphatic rings. The summed E-state index contributed by atoms with van der Waals surface area (Å²) in [4.78, 5) is 29.7. The van der Waals surface area contributed by atoms with E-state index < -0.39 is 5.97 Å². The molecule has 0 aliphatic heterocycles. The normalized spacial score (nSPS) is 9.95. The highest BCUT2D eigenvalue weighted by Gasteiger charge is 2.05. The predicted octanol–water partition coefficient (Wildman–Crippen LogP) is 1.02. The number of hydrogen-bond acceptors (Lipinski definition) is 7. The molecule has 7 nitrogen and oxygen atoms in total. The molecular formula is C11H15N3O4S. The topological polar surface area (TPSA) is 101 Å². The van der Waals surface area contributed by atoms with Crippen molar-refractivity contribution in [3.05, 3.63) is 12.4 Å². The van der Waals surface area contributed by atoms with Gasteiger partial charge in [-0.2, -0.15) is 0 Å². The standard InChI is InChI=1S/C11H15N3O4S/c1-2-18-11(17)7-19-9-6-12-5-8(14-9)13-4-3-10(15)16/h5-6H,2-4,7H2,1H3,(H,13,14)(H,15,16).